The van der Waals surface area contributed by atoms with Gasteiger partial charge in [0.15, 0.2) is 0 Å². The molecule has 42 valence electrons. The molecule has 2 radical (unpaired) electrons. The van der Waals surface area contributed by atoms with Gasteiger partial charge in [0, 0.05) is 12.6 Å². The average Bonchev–Trinajstić information content (AvgIpc) is 2.14. The summed E-state index contributed by atoms with van der Waals surface area (Å²) in [5.74, 6) is 0. The lowest BCUT2D eigenvalue weighted by Gasteiger charge is -1.79. The maximum absolute atomic E-state index is 3.82. The van der Waals surface area contributed by atoms with E-state index >= 15 is 0 Å². The summed E-state index contributed by atoms with van der Waals surface area (Å²) in [6.07, 6.45) is 6.75. The molecule has 1 rings (SSSR count). The van der Waals surface area contributed by atoms with Gasteiger partial charge in [0.25, 0.3) is 0 Å². The topological polar surface area (TPSA) is 17.8 Å². The van der Waals surface area contributed by atoms with E-state index in [9.17, 15) is 0 Å². The molecule has 8 heavy (non-hydrogen) atoms. The lowest BCUT2D eigenvalue weighted by Crippen LogP contribution is -1.85. The van der Waals surface area contributed by atoms with Crippen molar-refractivity contribution in [1.82, 2.24) is 9.78 Å². The Morgan fingerprint density at radius 1 is 1.75 bits per heavy atom. The monoisotopic (exact) mass is 108 g/mol. The molecule has 0 aromatic carbocycles. The minimum absolute atomic E-state index is 0.966. The predicted molar refractivity (Wildman–Crippen MR) is 30.3 cm³/mol. The number of hydrogen-bond donors (Lipinski definition) is 0. The first-order valence-electron chi connectivity index (χ1n) is 2.66. The third-order valence-corrected chi connectivity index (χ3v) is 0.985. The zero-order chi connectivity index (χ0) is 5.98. The summed E-state index contributed by atoms with van der Waals surface area (Å²) in [5.41, 5.74) is 1.05. The lowest BCUT2D eigenvalue weighted by atomic mass is 10.3. The summed E-state index contributed by atoms with van der Waals surface area (Å²) in [6.45, 7) is 2.06. The van der Waals surface area contributed by atoms with E-state index in [0.29, 0.717) is 0 Å². The van der Waals surface area contributed by atoms with E-state index in [2.05, 4.69) is 24.4 Å². The zero-order valence-corrected chi connectivity index (χ0v) is 5.10. The van der Waals surface area contributed by atoms with Crippen molar-refractivity contribution in [3.05, 3.63) is 18.0 Å². The van der Waals surface area contributed by atoms with Gasteiger partial charge < -0.3 is 0 Å². The highest BCUT2D eigenvalue weighted by atomic mass is 15.2. The molecule has 1 aromatic heterocycles. The molecule has 2 nitrogen and oxygen atoms in total. The zero-order valence-electron chi connectivity index (χ0n) is 5.10. The van der Waals surface area contributed by atoms with Crippen LogP contribution in [0.3, 0.4) is 0 Å². The molecular weight excluding hydrogens is 100 g/mol. The molecule has 0 amide bonds. The van der Waals surface area contributed by atoms with Gasteiger partial charge in [-0.2, -0.15) is 5.10 Å². The number of hydrogen-bond acceptors (Lipinski definition) is 1. The van der Waals surface area contributed by atoms with Gasteiger partial charge in [-0.15, -0.1) is 0 Å². The minimum atomic E-state index is 0.966. The highest BCUT2D eigenvalue weighted by molar-refractivity contribution is 4.98. The quantitative estimate of drug-likeness (QED) is 0.514. The largest absolute Gasteiger partial charge is 0.265 e. The molecular formula is C6H8N2. The third-order valence-electron chi connectivity index (χ3n) is 0.985. The lowest BCUT2D eigenvalue weighted by molar-refractivity contribution is 0.758. The summed E-state index contributed by atoms with van der Waals surface area (Å²) in [6, 6.07) is 0. The molecule has 0 unspecified atom stereocenters. The van der Waals surface area contributed by atoms with Crippen LogP contribution in [-0.2, 0) is 13.5 Å². The van der Waals surface area contributed by atoms with Crippen molar-refractivity contribution >= 4 is 0 Å². The first kappa shape index (κ1) is 5.35. The molecule has 1 heterocycles. The first-order chi connectivity index (χ1) is 3.83. The van der Waals surface area contributed by atoms with Crippen molar-refractivity contribution in [1.29, 1.82) is 0 Å². The Morgan fingerprint density at radius 2 is 2.50 bits per heavy atom. The molecule has 0 fully saturated rings. The standard InChI is InChI=1S/C6H8N2/c1-3-6-4-7-8(2)5-6/h3H2,1-2H3. The van der Waals surface area contributed by atoms with Crippen molar-refractivity contribution < 1.29 is 0 Å². The van der Waals surface area contributed by atoms with E-state index in [1.54, 1.807) is 4.68 Å². The van der Waals surface area contributed by atoms with Crippen LogP contribution in [0, 0.1) is 12.4 Å². The van der Waals surface area contributed by atoms with Crippen LogP contribution in [0.5, 0.6) is 0 Å². The van der Waals surface area contributed by atoms with Gasteiger partial charge in [-0.3, -0.25) is 4.68 Å². The molecule has 0 aliphatic carbocycles. The van der Waals surface area contributed by atoms with Gasteiger partial charge in [-0.1, -0.05) is 6.92 Å². The van der Waals surface area contributed by atoms with Crippen LogP contribution in [0.1, 0.15) is 12.5 Å². The Labute approximate surface area is 49.1 Å². The van der Waals surface area contributed by atoms with E-state index in [0.717, 1.165) is 12.0 Å². The second-order valence-electron chi connectivity index (χ2n) is 1.68. The highest BCUT2D eigenvalue weighted by Crippen LogP contribution is 1.92. The van der Waals surface area contributed by atoms with E-state index in [4.69, 9.17) is 0 Å². The number of nitrogens with zero attached hydrogens (tertiary/aromatic N) is 2. The fourth-order valence-corrected chi connectivity index (χ4v) is 0.539. The van der Waals surface area contributed by atoms with E-state index in [1.165, 1.54) is 0 Å². The van der Waals surface area contributed by atoms with Crippen LogP contribution in [0.4, 0.5) is 0 Å². The van der Waals surface area contributed by atoms with Crippen molar-refractivity contribution in [3.63, 3.8) is 0 Å². The van der Waals surface area contributed by atoms with Gasteiger partial charge in [-0.25, -0.2) is 0 Å². The summed E-state index contributed by atoms with van der Waals surface area (Å²) in [7, 11) is 1.84. The fraction of sp³-hybridized carbons (Fsp3) is 0.500. The number of aromatic nitrogens is 2. The van der Waals surface area contributed by atoms with Gasteiger partial charge in [0.05, 0.1) is 6.20 Å². The Morgan fingerprint density at radius 3 is 2.75 bits per heavy atom. The molecule has 0 aliphatic heterocycles. The second kappa shape index (κ2) is 1.99. The van der Waals surface area contributed by atoms with Crippen molar-refractivity contribution in [3.8, 4) is 0 Å². The first-order valence-corrected chi connectivity index (χ1v) is 2.66. The SMILES string of the molecule is CCc1[c]nn(C)[c]1. The molecule has 1 aromatic rings. The van der Waals surface area contributed by atoms with Crippen molar-refractivity contribution in [2.24, 2.45) is 7.05 Å². The normalized spacial score (nSPS) is 9.75. The van der Waals surface area contributed by atoms with Crippen LogP contribution in [0.2, 0.25) is 0 Å². The van der Waals surface area contributed by atoms with Crippen LogP contribution < -0.4 is 0 Å². The van der Waals surface area contributed by atoms with Gasteiger partial charge in [0.1, 0.15) is 6.20 Å². The van der Waals surface area contributed by atoms with Crippen LogP contribution in [0.15, 0.2) is 0 Å². The number of rotatable bonds is 1. The van der Waals surface area contributed by atoms with E-state index in [1.807, 2.05) is 7.05 Å². The molecule has 0 N–H and O–H groups in total. The summed E-state index contributed by atoms with van der Waals surface area (Å²) in [5, 5.41) is 3.82. The molecule has 0 saturated carbocycles. The molecule has 0 saturated heterocycles. The molecule has 0 atom stereocenters. The highest BCUT2D eigenvalue weighted by Gasteiger charge is 1.90. The third kappa shape index (κ3) is 0.886. The molecule has 0 spiro atoms. The predicted octanol–water partition coefficient (Wildman–Crippen LogP) is 0.583. The van der Waals surface area contributed by atoms with Gasteiger partial charge in [-0.05, 0) is 6.42 Å². The smallest absolute Gasteiger partial charge is 0.117 e. The van der Waals surface area contributed by atoms with E-state index in [-0.39, 0.29) is 0 Å². The van der Waals surface area contributed by atoms with Crippen molar-refractivity contribution in [2.75, 3.05) is 0 Å². The van der Waals surface area contributed by atoms with Gasteiger partial charge >= 0.3 is 0 Å². The summed E-state index contributed by atoms with van der Waals surface area (Å²) in [4.78, 5) is 0. The fourth-order valence-electron chi connectivity index (χ4n) is 0.539. The van der Waals surface area contributed by atoms with Crippen LogP contribution in [-0.4, -0.2) is 9.78 Å². The maximum Gasteiger partial charge on any atom is 0.117 e. The number of aryl methyl sites for hydroxylation is 2. The Balaban J connectivity index is 2.84. The molecule has 0 aliphatic rings. The average molecular weight is 108 g/mol. The Kier molecular flexibility index (Phi) is 1.33. The minimum Gasteiger partial charge on any atom is -0.265 e. The van der Waals surface area contributed by atoms with E-state index < -0.39 is 0 Å². The van der Waals surface area contributed by atoms with Crippen LogP contribution in [0.25, 0.3) is 0 Å². The summed E-state index contributed by atoms with van der Waals surface area (Å²) < 4.78 is 1.64. The maximum atomic E-state index is 3.82. The Hall–Kier alpha value is -0.790. The molecule has 0 bridgehead atoms. The molecule has 2 heteroatoms. The second-order valence-corrected chi connectivity index (χ2v) is 1.68. The summed E-state index contributed by atoms with van der Waals surface area (Å²) >= 11 is 0. The Bertz CT molecular complexity index is 167. The van der Waals surface area contributed by atoms with Crippen molar-refractivity contribution in [2.45, 2.75) is 13.3 Å². The van der Waals surface area contributed by atoms with Crippen LogP contribution >= 0.6 is 0 Å². The van der Waals surface area contributed by atoms with Gasteiger partial charge in [0.2, 0.25) is 0 Å².